The summed E-state index contributed by atoms with van der Waals surface area (Å²) in [6, 6.07) is 3.42. The fourth-order valence-electron chi connectivity index (χ4n) is 3.20. The van der Waals surface area contributed by atoms with Crippen LogP contribution >= 0.6 is 0 Å². The Morgan fingerprint density at radius 3 is 2.70 bits per heavy atom. The highest BCUT2D eigenvalue weighted by Crippen LogP contribution is 2.25. The van der Waals surface area contributed by atoms with Gasteiger partial charge in [0.15, 0.2) is 5.65 Å². The predicted octanol–water partition coefficient (Wildman–Crippen LogP) is 2.94. The van der Waals surface area contributed by atoms with Crippen molar-refractivity contribution in [3.05, 3.63) is 18.0 Å². The molecule has 2 unspecified atom stereocenters. The van der Waals surface area contributed by atoms with Crippen LogP contribution in [0.2, 0.25) is 0 Å². The normalized spacial score (nSPS) is 20.9. The summed E-state index contributed by atoms with van der Waals surface area (Å²) in [5.74, 6) is 0.105. The second kappa shape index (κ2) is 7.24. The lowest BCUT2D eigenvalue weighted by Gasteiger charge is -2.38. The van der Waals surface area contributed by atoms with E-state index >= 15 is 0 Å². The first-order valence-corrected chi connectivity index (χ1v) is 8.91. The van der Waals surface area contributed by atoms with Gasteiger partial charge in [0.1, 0.15) is 11.4 Å². The van der Waals surface area contributed by atoms with Crippen molar-refractivity contribution in [1.82, 2.24) is 25.1 Å². The Kier molecular flexibility index (Phi) is 5.16. The summed E-state index contributed by atoms with van der Waals surface area (Å²) in [6.45, 7) is 8.09. The minimum absolute atomic E-state index is 0.0126. The molecule has 1 aliphatic heterocycles. The number of nitrogens with zero attached hydrogens (tertiary/aromatic N) is 5. The number of nitrogens with one attached hydrogen (secondary N) is 1. The van der Waals surface area contributed by atoms with Crippen molar-refractivity contribution in [1.29, 1.82) is 0 Å². The molecule has 2 aromatic heterocycles. The largest absolute Gasteiger partial charge is 0.444 e. The Hall–Kier alpha value is -2.52. The zero-order chi connectivity index (χ0) is 19.8. The van der Waals surface area contributed by atoms with E-state index < -0.39 is 23.9 Å². The van der Waals surface area contributed by atoms with Crippen molar-refractivity contribution in [3.63, 3.8) is 0 Å². The van der Waals surface area contributed by atoms with Gasteiger partial charge in [-0.3, -0.25) is 0 Å². The highest BCUT2D eigenvalue weighted by Gasteiger charge is 2.29. The van der Waals surface area contributed by atoms with E-state index in [1.807, 2.05) is 32.6 Å². The summed E-state index contributed by atoms with van der Waals surface area (Å²) >= 11 is 0. The Morgan fingerprint density at radius 2 is 2.07 bits per heavy atom. The number of ether oxygens (including phenoxy) is 1. The Bertz CT molecular complexity index is 819. The lowest BCUT2D eigenvalue weighted by atomic mass is 9.98. The maximum atomic E-state index is 13.0. The third-order valence-electron chi connectivity index (χ3n) is 4.36. The average molecular weight is 382 g/mol. The van der Waals surface area contributed by atoms with Crippen molar-refractivity contribution in [3.8, 4) is 0 Å². The monoisotopic (exact) mass is 382 g/mol. The number of hydrogen-bond donors (Lipinski definition) is 1. The van der Waals surface area contributed by atoms with E-state index in [2.05, 4.69) is 20.6 Å². The Balaban J connectivity index is 1.69. The number of aromatic nitrogens is 4. The highest BCUT2D eigenvalue weighted by atomic mass is 19.3. The van der Waals surface area contributed by atoms with Crippen LogP contribution in [0.4, 0.5) is 19.4 Å². The lowest BCUT2D eigenvalue weighted by molar-refractivity contribution is 0.0494. The molecule has 1 fully saturated rings. The molecule has 0 aliphatic carbocycles. The fraction of sp³-hybridized carbons (Fsp3) is 0.647. The van der Waals surface area contributed by atoms with Crippen LogP contribution in [0.25, 0.3) is 5.65 Å². The van der Waals surface area contributed by atoms with Crippen LogP contribution in [0.15, 0.2) is 12.1 Å². The number of carbonyl (C=O) groups is 1. The number of halogens is 2. The molecule has 3 heterocycles. The van der Waals surface area contributed by atoms with E-state index in [1.54, 1.807) is 12.1 Å². The van der Waals surface area contributed by atoms with E-state index in [9.17, 15) is 13.6 Å². The summed E-state index contributed by atoms with van der Waals surface area (Å²) in [4.78, 5) is 14.0. The average Bonchev–Trinajstić information content (AvgIpc) is 2.96. The van der Waals surface area contributed by atoms with Crippen LogP contribution in [-0.2, 0) is 4.74 Å². The second-order valence-corrected chi connectivity index (χ2v) is 7.73. The smallest absolute Gasteiger partial charge is 0.407 e. The molecule has 148 valence electrons. The van der Waals surface area contributed by atoms with Crippen LogP contribution in [-0.4, -0.2) is 50.1 Å². The highest BCUT2D eigenvalue weighted by molar-refractivity contribution is 5.68. The van der Waals surface area contributed by atoms with E-state index in [4.69, 9.17) is 4.74 Å². The molecule has 0 radical (unpaired) electrons. The summed E-state index contributed by atoms with van der Waals surface area (Å²) in [6.07, 6.45) is -1.78. The van der Waals surface area contributed by atoms with Crippen molar-refractivity contribution in [2.24, 2.45) is 0 Å². The van der Waals surface area contributed by atoms with Crippen molar-refractivity contribution < 1.29 is 18.3 Å². The van der Waals surface area contributed by atoms with E-state index in [1.165, 1.54) is 0 Å². The quantitative estimate of drug-likeness (QED) is 0.879. The molecule has 10 heteroatoms. The number of rotatable bonds is 3. The molecule has 1 amide bonds. The molecule has 0 aromatic carbocycles. The van der Waals surface area contributed by atoms with Crippen molar-refractivity contribution in [2.75, 3.05) is 11.4 Å². The first-order valence-electron chi connectivity index (χ1n) is 8.91. The van der Waals surface area contributed by atoms with Crippen LogP contribution in [0, 0.1) is 0 Å². The first kappa shape index (κ1) is 19.2. The third kappa shape index (κ3) is 4.42. The topological polar surface area (TPSA) is 84.6 Å². The van der Waals surface area contributed by atoms with Crippen LogP contribution in [0.5, 0.6) is 0 Å². The number of amides is 1. The number of anilines is 1. The van der Waals surface area contributed by atoms with Gasteiger partial charge in [-0.1, -0.05) is 0 Å². The molecule has 0 spiro atoms. The standard InChI is InChI=1S/C17H24F2N6O2/c1-10-9-11(20-16(26)27-17(2,3)4)7-8-24(10)13-6-5-12-21-22-15(14(18)19)25(12)23-13/h5-6,10-11,14H,7-9H2,1-4H3,(H,20,26). The maximum absolute atomic E-state index is 13.0. The van der Waals surface area contributed by atoms with Crippen molar-refractivity contribution >= 4 is 17.6 Å². The van der Waals surface area contributed by atoms with E-state index in [-0.39, 0.29) is 17.7 Å². The zero-order valence-electron chi connectivity index (χ0n) is 15.8. The number of alkyl carbamates (subject to hydrolysis) is 1. The van der Waals surface area contributed by atoms with Gasteiger partial charge in [0.2, 0.25) is 5.82 Å². The number of fused-ring (bicyclic) bond motifs is 1. The molecular weight excluding hydrogens is 358 g/mol. The molecule has 1 N–H and O–H groups in total. The summed E-state index contributed by atoms with van der Waals surface area (Å²) in [5, 5.41) is 14.4. The number of piperidine rings is 1. The number of alkyl halides is 2. The lowest BCUT2D eigenvalue weighted by Crippen LogP contribution is -2.50. The molecule has 27 heavy (non-hydrogen) atoms. The van der Waals surface area contributed by atoms with Gasteiger partial charge in [0.05, 0.1) is 0 Å². The molecule has 1 saturated heterocycles. The van der Waals surface area contributed by atoms with Crippen LogP contribution in [0.3, 0.4) is 0 Å². The summed E-state index contributed by atoms with van der Waals surface area (Å²) in [5.41, 5.74) is -0.264. The van der Waals surface area contributed by atoms with Gasteiger partial charge < -0.3 is 15.0 Å². The van der Waals surface area contributed by atoms with Gasteiger partial charge in [-0.2, -0.15) is 4.52 Å². The summed E-state index contributed by atoms with van der Waals surface area (Å²) in [7, 11) is 0. The second-order valence-electron chi connectivity index (χ2n) is 7.73. The van der Waals surface area contributed by atoms with E-state index in [0.29, 0.717) is 25.2 Å². The maximum Gasteiger partial charge on any atom is 0.407 e. The zero-order valence-corrected chi connectivity index (χ0v) is 15.8. The molecule has 8 nitrogen and oxygen atoms in total. The van der Waals surface area contributed by atoms with Crippen LogP contribution < -0.4 is 10.2 Å². The number of hydrogen-bond acceptors (Lipinski definition) is 6. The molecule has 0 bridgehead atoms. The Labute approximate surface area is 155 Å². The SMILES string of the molecule is CC1CC(NC(=O)OC(C)(C)C)CCN1c1ccc2nnc(C(F)F)n2n1. The Morgan fingerprint density at radius 1 is 1.33 bits per heavy atom. The van der Waals surface area contributed by atoms with Gasteiger partial charge in [0, 0.05) is 18.6 Å². The van der Waals surface area contributed by atoms with Gasteiger partial charge >= 0.3 is 6.09 Å². The minimum Gasteiger partial charge on any atom is -0.444 e. The minimum atomic E-state index is -2.75. The van der Waals surface area contributed by atoms with E-state index in [0.717, 1.165) is 4.52 Å². The molecule has 1 aliphatic rings. The first-order chi connectivity index (χ1) is 12.6. The van der Waals surface area contributed by atoms with Gasteiger partial charge in [0.25, 0.3) is 6.43 Å². The summed E-state index contributed by atoms with van der Waals surface area (Å²) < 4.78 is 32.5. The molecule has 3 rings (SSSR count). The molecule has 2 atom stereocenters. The number of carbonyl (C=O) groups excluding carboxylic acids is 1. The molecular formula is C17H24F2N6O2. The molecule has 0 saturated carbocycles. The fourth-order valence-corrected chi connectivity index (χ4v) is 3.20. The van der Waals surface area contributed by atoms with Gasteiger partial charge in [-0.25, -0.2) is 13.6 Å². The third-order valence-corrected chi connectivity index (χ3v) is 4.36. The van der Waals surface area contributed by atoms with Crippen molar-refractivity contribution in [2.45, 2.75) is 64.6 Å². The molecule has 2 aromatic rings. The van der Waals surface area contributed by atoms with Gasteiger partial charge in [-0.05, 0) is 52.7 Å². The van der Waals surface area contributed by atoms with Gasteiger partial charge in [-0.15, -0.1) is 15.3 Å². The predicted molar refractivity (Wildman–Crippen MR) is 94.9 cm³/mol. The van der Waals surface area contributed by atoms with Crippen LogP contribution in [0.1, 0.15) is 52.8 Å².